The molecule has 1 aliphatic rings. The molecular formula is C20H24ClN5O3. The number of para-hydroxylation sites is 1. The summed E-state index contributed by atoms with van der Waals surface area (Å²) in [4.78, 5) is 32.0. The second-order valence-electron chi connectivity index (χ2n) is 6.48. The van der Waals surface area contributed by atoms with Gasteiger partial charge >= 0.3 is 6.03 Å². The van der Waals surface area contributed by atoms with Crippen LogP contribution >= 0.6 is 11.6 Å². The molecule has 3 rings (SSSR count). The molecule has 1 aromatic heterocycles. The molecule has 0 radical (unpaired) electrons. The highest BCUT2D eigenvalue weighted by Gasteiger charge is 2.22. The number of amides is 3. The number of carbonyl (C=O) groups excluding carboxylic acids is 2. The van der Waals surface area contributed by atoms with Gasteiger partial charge in [0.15, 0.2) is 6.61 Å². The van der Waals surface area contributed by atoms with Crippen molar-refractivity contribution in [3.63, 3.8) is 0 Å². The number of nitrogens with one attached hydrogen (secondary N) is 2. The molecule has 3 amide bonds. The molecule has 2 heterocycles. The maximum Gasteiger partial charge on any atom is 0.319 e. The number of aromatic nitrogens is 1. The molecule has 9 heteroatoms. The number of halogens is 1. The van der Waals surface area contributed by atoms with Gasteiger partial charge in [-0.05, 0) is 25.1 Å². The quantitative estimate of drug-likeness (QED) is 0.754. The number of hydrogen-bond donors (Lipinski definition) is 2. The number of pyridine rings is 1. The average molecular weight is 418 g/mol. The molecule has 1 aliphatic heterocycles. The van der Waals surface area contributed by atoms with E-state index >= 15 is 0 Å². The van der Waals surface area contributed by atoms with Gasteiger partial charge < -0.3 is 25.2 Å². The lowest BCUT2D eigenvalue weighted by Crippen LogP contribution is -2.50. The number of urea groups is 1. The lowest BCUT2D eigenvalue weighted by atomic mass is 10.2. The Morgan fingerprint density at radius 3 is 2.55 bits per heavy atom. The maximum absolute atomic E-state index is 12.4. The minimum absolute atomic E-state index is 0.0812. The molecule has 0 unspecified atom stereocenters. The van der Waals surface area contributed by atoms with E-state index in [0.717, 1.165) is 5.69 Å². The number of carbonyl (C=O) groups is 2. The van der Waals surface area contributed by atoms with E-state index in [4.69, 9.17) is 16.3 Å². The van der Waals surface area contributed by atoms with Crippen molar-refractivity contribution < 1.29 is 14.3 Å². The number of benzene rings is 1. The third-order valence-electron chi connectivity index (χ3n) is 4.50. The van der Waals surface area contributed by atoms with E-state index in [2.05, 4.69) is 20.5 Å². The minimum Gasteiger partial charge on any atom is -0.468 e. The van der Waals surface area contributed by atoms with Crippen LogP contribution in [0.2, 0.25) is 5.02 Å². The van der Waals surface area contributed by atoms with Gasteiger partial charge in [-0.25, -0.2) is 9.78 Å². The van der Waals surface area contributed by atoms with Crippen molar-refractivity contribution in [3.05, 3.63) is 47.6 Å². The second-order valence-corrected chi connectivity index (χ2v) is 6.88. The van der Waals surface area contributed by atoms with E-state index in [0.29, 0.717) is 49.3 Å². The fourth-order valence-corrected chi connectivity index (χ4v) is 3.26. The molecule has 29 heavy (non-hydrogen) atoms. The van der Waals surface area contributed by atoms with Crippen LogP contribution in [0.4, 0.5) is 16.2 Å². The summed E-state index contributed by atoms with van der Waals surface area (Å²) in [7, 11) is 0. The molecule has 1 saturated heterocycles. The van der Waals surface area contributed by atoms with Crippen LogP contribution in [0.3, 0.4) is 0 Å². The molecule has 0 atom stereocenters. The molecule has 8 nitrogen and oxygen atoms in total. The molecule has 154 valence electrons. The minimum atomic E-state index is -0.297. The van der Waals surface area contributed by atoms with Crippen LogP contribution in [0.5, 0.6) is 5.88 Å². The molecule has 0 bridgehead atoms. The average Bonchev–Trinajstić information content (AvgIpc) is 2.74. The van der Waals surface area contributed by atoms with Crippen molar-refractivity contribution in [1.29, 1.82) is 0 Å². The number of nitrogens with zero attached hydrogens (tertiary/aromatic N) is 3. The highest BCUT2D eigenvalue weighted by Crippen LogP contribution is 2.26. The molecule has 1 fully saturated rings. The predicted octanol–water partition coefficient (Wildman–Crippen LogP) is 2.60. The Labute approximate surface area is 174 Å². The van der Waals surface area contributed by atoms with Crippen LogP contribution in [0.15, 0.2) is 42.6 Å². The second kappa shape index (κ2) is 9.97. The fraction of sp³-hybridized carbons (Fsp3) is 0.350. The molecular weight excluding hydrogens is 394 g/mol. The number of rotatable bonds is 6. The van der Waals surface area contributed by atoms with Crippen molar-refractivity contribution in [2.24, 2.45) is 0 Å². The smallest absolute Gasteiger partial charge is 0.319 e. The topological polar surface area (TPSA) is 86.8 Å². The summed E-state index contributed by atoms with van der Waals surface area (Å²) in [6.45, 7) is 4.94. The predicted molar refractivity (Wildman–Crippen MR) is 113 cm³/mol. The maximum atomic E-state index is 12.4. The molecule has 0 saturated carbocycles. The first-order chi connectivity index (χ1) is 14.1. The van der Waals surface area contributed by atoms with E-state index in [1.165, 1.54) is 6.20 Å². The number of piperazine rings is 1. The van der Waals surface area contributed by atoms with E-state index in [-0.39, 0.29) is 18.5 Å². The Morgan fingerprint density at radius 1 is 1.14 bits per heavy atom. The standard InChI is InChI=1S/C20H24ClN5O3/c1-2-22-20(28)24-15-7-8-18(23-13-15)29-14-19(27)26-11-9-25(10-12-26)17-6-4-3-5-16(17)21/h3-8,13H,2,9-12,14H2,1H3,(H2,22,24,28). The third-order valence-corrected chi connectivity index (χ3v) is 4.82. The van der Waals surface area contributed by atoms with Gasteiger partial charge in [0.05, 0.1) is 22.6 Å². The summed E-state index contributed by atoms with van der Waals surface area (Å²) in [5.41, 5.74) is 1.54. The van der Waals surface area contributed by atoms with Gasteiger partial charge in [0.1, 0.15) is 0 Å². The Balaban J connectivity index is 1.44. The van der Waals surface area contributed by atoms with Crippen LogP contribution in [0, 0.1) is 0 Å². The fourth-order valence-electron chi connectivity index (χ4n) is 3.01. The van der Waals surface area contributed by atoms with E-state index < -0.39 is 0 Å². The van der Waals surface area contributed by atoms with Crippen molar-refractivity contribution in [3.8, 4) is 5.88 Å². The van der Waals surface area contributed by atoms with Gasteiger partial charge in [0.2, 0.25) is 5.88 Å². The molecule has 2 N–H and O–H groups in total. The molecule has 1 aromatic carbocycles. The van der Waals surface area contributed by atoms with Crippen LogP contribution in [-0.4, -0.2) is 61.2 Å². The summed E-state index contributed by atoms with van der Waals surface area (Å²) >= 11 is 6.25. The first-order valence-electron chi connectivity index (χ1n) is 9.47. The van der Waals surface area contributed by atoms with Crippen molar-refractivity contribution >= 4 is 34.9 Å². The summed E-state index contributed by atoms with van der Waals surface area (Å²) in [5, 5.41) is 6.00. The van der Waals surface area contributed by atoms with Crippen LogP contribution in [-0.2, 0) is 4.79 Å². The summed E-state index contributed by atoms with van der Waals surface area (Å²) < 4.78 is 5.49. The van der Waals surface area contributed by atoms with E-state index in [9.17, 15) is 9.59 Å². The zero-order valence-electron chi connectivity index (χ0n) is 16.2. The number of ether oxygens (including phenoxy) is 1. The van der Waals surface area contributed by atoms with Crippen molar-refractivity contribution in [1.82, 2.24) is 15.2 Å². The van der Waals surface area contributed by atoms with Crippen LogP contribution < -0.4 is 20.3 Å². The Morgan fingerprint density at radius 2 is 1.90 bits per heavy atom. The number of anilines is 2. The van der Waals surface area contributed by atoms with Gasteiger partial charge in [0, 0.05) is 38.8 Å². The molecule has 0 spiro atoms. The van der Waals surface area contributed by atoms with Crippen LogP contribution in [0.1, 0.15) is 6.92 Å². The highest BCUT2D eigenvalue weighted by atomic mass is 35.5. The van der Waals surface area contributed by atoms with Crippen molar-refractivity contribution in [2.45, 2.75) is 6.92 Å². The van der Waals surface area contributed by atoms with Gasteiger partial charge in [0.25, 0.3) is 5.91 Å². The summed E-state index contributed by atoms with van der Waals surface area (Å²) in [6.07, 6.45) is 1.48. The van der Waals surface area contributed by atoms with Gasteiger partial charge in [-0.3, -0.25) is 4.79 Å². The van der Waals surface area contributed by atoms with E-state index in [1.807, 2.05) is 31.2 Å². The monoisotopic (exact) mass is 417 g/mol. The Kier molecular flexibility index (Phi) is 7.13. The van der Waals surface area contributed by atoms with Gasteiger partial charge in [-0.1, -0.05) is 23.7 Å². The number of hydrogen-bond acceptors (Lipinski definition) is 5. The molecule has 0 aliphatic carbocycles. The largest absolute Gasteiger partial charge is 0.468 e. The lowest BCUT2D eigenvalue weighted by Gasteiger charge is -2.36. The molecule has 2 aromatic rings. The SMILES string of the molecule is CCNC(=O)Nc1ccc(OCC(=O)N2CCN(c3ccccc3Cl)CC2)nc1. The highest BCUT2D eigenvalue weighted by molar-refractivity contribution is 6.33. The third kappa shape index (κ3) is 5.74. The first kappa shape index (κ1) is 20.7. The van der Waals surface area contributed by atoms with Crippen molar-refractivity contribution in [2.75, 3.05) is 49.5 Å². The zero-order chi connectivity index (χ0) is 20.6. The van der Waals surface area contributed by atoms with Crippen LogP contribution in [0.25, 0.3) is 0 Å². The summed E-state index contributed by atoms with van der Waals surface area (Å²) in [5.74, 6) is 0.240. The zero-order valence-corrected chi connectivity index (χ0v) is 17.0. The Bertz CT molecular complexity index is 838. The lowest BCUT2D eigenvalue weighted by molar-refractivity contribution is -0.133. The van der Waals surface area contributed by atoms with E-state index in [1.54, 1.807) is 17.0 Å². The first-order valence-corrected chi connectivity index (χ1v) is 9.85. The Hall–Kier alpha value is -3.00. The van der Waals surface area contributed by atoms with Gasteiger partial charge in [-0.15, -0.1) is 0 Å². The van der Waals surface area contributed by atoms with Gasteiger partial charge in [-0.2, -0.15) is 0 Å². The normalized spacial score (nSPS) is 13.7. The summed E-state index contributed by atoms with van der Waals surface area (Å²) in [6, 6.07) is 10.7.